The molecule has 49 heavy (non-hydrogen) atoms. The fourth-order valence-electron chi connectivity index (χ4n) is 6.03. The number of nitrogens with one attached hydrogen (secondary N) is 2. The van der Waals surface area contributed by atoms with Crippen molar-refractivity contribution in [3.8, 4) is 0 Å². The van der Waals surface area contributed by atoms with E-state index in [2.05, 4.69) is 25.8 Å². The summed E-state index contributed by atoms with van der Waals surface area (Å²) >= 11 is 2.24. The average molecular weight is 714 g/mol. The second-order valence-corrected chi connectivity index (χ2v) is 12.9. The van der Waals surface area contributed by atoms with E-state index < -0.39 is 46.8 Å². The summed E-state index contributed by atoms with van der Waals surface area (Å²) in [7, 11) is 0. The van der Waals surface area contributed by atoms with Gasteiger partial charge in [-0.05, 0) is 59.4 Å². The van der Waals surface area contributed by atoms with Crippen LogP contribution in [0, 0.1) is 0 Å². The summed E-state index contributed by atoms with van der Waals surface area (Å²) in [5.74, 6) is -4.92. The summed E-state index contributed by atoms with van der Waals surface area (Å²) in [4.78, 5) is 73.4. The van der Waals surface area contributed by atoms with E-state index in [4.69, 9.17) is 5.73 Å². The summed E-state index contributed by atoms with van der Waals surface area (Å²) in [6.07, 6.45) is 3.76. The van der Waals surface area contributed by atoms with Crippen molar-refractivity contribution in [1.29, 1.82) is 0 Å². The van der Waals surface area contributed by atoms with Crippen molar-refractivity contribution in [2.24, 2.45) is 5.16 Å². The zero-order valence-electron chi connectivity index (χ0n) is 26.8. The molecule has 1 unspecified atom stereocenters. The van der Waals surface area contributed by atoms with E-state index in [1.807, 2.05) is 0 Å². The van der Waals surface area contributed by atoms with Crippen molar-refractivity contribution in [3.63, 3.8) is 0 Å². The number of carbonyl (C=O) groups is 5. The number of aromatic carboxylic acids is 1. The molecule has 0 saturated carbocycles. The van der Waals surface area contributed by atoms with Crippen LogP contribution < -0.4 is 45.9 Å². The van der Waals surface area contributed by atoms with E-state index in [1.54, 1.807) is 36.7 Å². The maximum absolute atomic E-state index is 13.6. The monoisotopic (exact) mass is 713 g/mol. The van der Waals surface area contributed by atoms with Crippen molar-refractivity contribution >= 4 is 63.6 Å². The van der Waals surface area contributed by atoms with E-state index in [9.17, 15) is 39.4 Å². The minimum atomic E-state index is -1.39. The molecule has 0 bridgehead atoms. The number of nitrogens with zero attached hydrogens (tertiary/aromatic N) is 4. The number of carboxylic acid groups (broad SMARTS) is 2. The van der Waals surface area contributed by atoms with Gasteiger partial charge in [0.2, 0.25) is 5.91 Å². The van der Waals surface area contributed by atoms with Gasteiger partial charge in [-0.2, -0.15) is 0 Å². The summed E-state index contributed by atoms with van der Waals surface area (Å²) in [6, 6.07) is 8.68. The van der Waals surface area contributed by atoms with Crippen LogP contribution in [0.25, 0.3) is 0 Å². The predicted molar refractivity (Wildman–Crippen MR) is 174 cm³/mol. The SMILES string of the molecule is Nc1nc(C(=NO)C(=O)N[C@@H]2C(=O)N3C(C(=O)O)=C(C(=C4CCNC4=O)C(Cc4ccc(C(=O)O)cc4)c4ccncc4)CS[C@H]23)cs1.[H-].[Na+]. The van der Waals surface area contributed by atoms with Crippen molar-refractivity contribution < 1.29 is 70.4 Å². The van der Waals surface area contributed by atoms with Crippen molar-refractivity contribution in [2.75, 3.05) is 18.0 Å². The number of aliphatic carboxylic acids is 1. The van der Waals surface area contributed by atoms with Crippen LogP contribution in [0.4, 0.5) is 5.13 Å². The molecular formula is C31H28N7NaO8S2. The van der Waals surface area contributed by atoms with Crippen LogP contribution >= 0.6 is 23.1 Å². The van der Waals surface area contributed by atoms with E-state index in [1.165, 1.54) is 29.3 Å². The molecule has 15 nitrogen and oxygen atoms in total. The third-order valence-corrected chi connectivity index (χ3v) is 10.2. The average Bonchev–Trinajstić information content (AvgIpc) is 3.71. The molecule has 2 aromatic heterocycles. The van der Waals surface area contributed by atoms with Crippen LogP contribution in [0.3, 0.4) is 0 Å². The molecule has 0 radical (unpaired) electrons. The number of carboxylic acids is 2. The van der Waals surface area contributed by atoms with Gasteiger partial charge in [-0.25, -0.2) is 14.6 Å². The largest absolute Gasteiger partial charge is 1.00 e. The smallest absolute Gasteiger partial charge is 1.00 e. The number of allylic oxidation sites excluding steroid dienone is 1. The van der Waals surface area contributed by atoms with Crippen LogP contribution in [0.1, 0.15) is 40.9 Å². The van der Waals surface area contributed by atoms with E-state index in [-0.39, 0.29) is 76.7 Å². The first-order chi connectivity index (χ1) is 23.1. The number of fused-ring (bicyclic) bond motifs is 1. The first-order valence-electron chi connectivity index (χ1n) is 14.5. The van der Waals surface area contributed by atoms with Gasteiger partial charge in [0.25, 0.3) is 11.8 Å². The maximum Gasteiger partial charge on any atom is 1.00 e. The second-order valence-electron chi connectivity index (χ2n) is 11.0. The molecule has 0 aliphatic carbocycles. The fraction of sp³-hybridized carbons (Fsp3) is 0.226. The Morgan fingerprint density at radius 2 is 1.84 bits per heavy atom. The Hall–Kier alpha value is -4.55. The molecule has 2 fully saturated rings. The summed E-state index contributed by atoms with van der Waals surface area (Å²) < 4.78 is 0. The number of thioether (sulfide) groups is 1. The van der Waals surface area contributed by atoms with E-state index >= 15 is 0 Å². The van der Waals surface area contributed by atoms with Crippen LogP contribution in [-0.2, 0) is 25.6 Å². The van der Waals surface area contributed by atoms with Gasteiger partial charge in [-0.1, -0.05) is 17.3 Å². The molecule has 3 amide bonds. The Morgan fingerprint density at radius 1 is 1.12 bits per heavy atom. The molecule has 7 N–H and O–H groups in total. The number of amides is 3. The second kappa shape index (κ2) is 14.9. The van der Waals surface area contributed by atoms with Gasteiger partial charge in [-0.15, -0.1) is 23.1 Å². The number of β-lactam (4-membered cyclic amide) rings is 1. The number of benzene rings is 1. The van der Waals surface area contributed by atoms with Gasteiger partial charge < -0.3 is 33.2 Å². The van der Waals surface area contributed by atoms with Crippen molar-refractivity contribution in [1.82, 2.24) is 25.5 Å². The third-order valence-electron chi connectivity index (χ3n) is 8.22. The molecule has 18 heteroatoms. The number of hydrogen-bond donors (Lipinski definition) is 6. The number of nitrogen functional groups attached to an aromatic ring is 1. The number of hydrogen-bond acceptors (Lipinski definition) is 12. The van der Waals surface area contributed by atoms with Gasteiger partial charge in [0, 0.05) is 41.6 Å². The normalized spacial score (nSPS) is 20.4. The number of anilines is 1. The van der Waals surface area contributed by atoms with Gasteiger partial charge in [0.15, 0.2) is 10.8 Å². The fourth-order valence-corrected chi connectivity index (χ4v) is 7.94. The molecule has 3 aromatic rings. The molecule has 1 aromatic carbocycles. The quantitative estimate of drug-likeness (QED) is 0.0359. The predicted octanol–water partition coefficient (Wildman–Crippen LogP) is -1.31. The molecule has 6 rings (SSSR count). The van der Waals surface area contributed by atoms with Crippen LogP contribution in [0.2, 0.25) is 0 Å². The standard InChI is InChI=1S/C31H27N7O8S2.Na.H/c32-31-35-20(13-48-31)22(37-46)26(40)36-23-27(41)38-24(30(44)45)19(12-47-28(23)38)21(17-7-10-34-25(17)39)18(15-5-8-33-9-6-15)11-14-1-3-16(4-2-14)29(42)43;;/h1-6,8-9,13,18,23,28,46H,7,10-12H2,(H2,32,35)(H,34,39)(H,36,40)(H,42,43)(H,44,45);;/q;+1;-1/t18?,23-,28-;;/m1../s1. The Bertz CT molecular complexity index is 1940. The maximum atomic E-state index is 13.6. The van der Waals surface area contributed by atoms with Crippen molar-refractivity contribution in [2.45, 2.75) is 30.2 Å². The Balaban J connectivity index is 0.00000281. The van der Waals surface area contributed by atoms with Gasteiger partial charge in [0.05, 0.1) is 5.56 Å². The summed E-state index contributed by atoms with van der Waals surface area (Å²) in [5, 5.41) is 38.5. The molecule has 3 aliphatic heterocycles. The van der Waals surface area contributed by atoms with Gasteiger partial charge in [-0.3, -0.25) is 24.3 Å². The minimum Gasteiger partial charge on any atom is -1.00 e. The Morgan fingerprint density at radius 3 is 2.41 bits per heavy atom. The number of aromatic nitrogens is 2. The molecule has 248 valence electrons. The topological polar surface area (TPSA) is 237 Å². The van der Waals surface area contributed by atoms with Gasteiger partial charge >= 0.3 is 41.5 Å². The zero-order chi connectivity index (χ0) is 34.1. The molecule has 3 atom stereocenters. The van der Waals surface area contributed by atoms with Crippen LogP contribution in [0.15, 0.2) is 81.7 Å². The van der Waals surface area contributed by atoms with E-state index in [0.29, 0.717) is 24.1 Å². The summed E-state index contributed by atoms with van der Waals surface area (Å²) in [6.45, 7) is 0.343. The van der Waals surface area contributed by atoms with Crippen LogP contribution in [0.5, 0.6) is 0 Å². The molecule has 2 saturated heterocycles. The number of nitrogens with two attached hydrogens (primary N) is 1. The van der Waals surface area contributed by atoms with Crippen molar-refractivity contribution in [3.05, 3.63) is 99.0 Å². The Labute approximate surface area is 310 Å². The number of carbonyl (C=O) groups excluding carboxylic acids is 3. The third kappa shape index (κ3) is 6.98. The number of rotatable bonds is 10. The molecule has 5 heterocycles. The first-order valence-corrected chi connectivity index (χ1v) is 16.4. The zero-order valence-corrected chi connectivity index (χ0v) is 29.5. The summed E-state index contributed by atoms with van der Waals surface area (Å²) in [5.41, 5.74) is 7.58. The molecule has 0 spiro atoms. The molecular weight excluding hydrogens is 686 g/mol. The van der Waals surface area contributed by atoms with E-state index in [0.717, 1.165) is 27.4 Å². The molecule has 3 aliphatic rings. The number of thiazole rings is 1. The van der Waals surface area contributed by atoms with Gasteiger partial charge in [0.1, 0.15) is 22.8 Å². The minimum absolute atomic E-state index is 0. The number of oxime groups is 1. The first kappa shape index (κ1) is 35.7. The van der Waals surface area contributed by atoms with Crippen LogP contribution in [-0.4, -0.2) is 89.4 Å². The number of pyridine rings is 1. The Kier molecular flexibility index (Phi) is 10.9.